The fraction of sp³-hybridized carbons (Fsp3) is 0.889. The zero-order valence-corrected chi connectivity index (χ0v) is 10.0. The lowest BCUT2D eigenvalue weighted by molar-refractivity contribution is -0.132. The van der Waals surface area contributed by atoms with Crippen LogP contribution in [0.2, 0.25) is 0 Å². The van der Waals surface area contributed by atoms with Crippen LogP contribution in [0, 0.1) is 0 Å². The number of hydrogen-bond acceptors (Lipinski definition) is 5. The molecule has 2 atom stereocenters. The fourth-order valence-electron chi connectivity index (χ4n) is 1.71. The summed E-state index contributed by atoms with van der Waals surface area (Å²) in [5.41, 5.74) is 0. The molecule has 0 aromatic carbocycles. The van der Waals surface area contributed by atoms with Crippen LogP contribution >= 0.6 is 0 Å². The molecule has 0 saturated carbocycles. The van der Waals surface area contributed by atoms with Gasteiger partial charge in [-0.1, -0.05) is 0 Å². The van der Waals surface area contributed by atoms with Gasteiger partial charge in [0.05, 0.1) is 0 Å². The third kappa shape index (κ3) is 2.27. The molecule has 0 bridgehead atoms. The minimum absolute atomic E-state index is 0.150. The standard InChI is InChI=1S/C9H18N2O5/c1-13-5-10-7(15-3)8(16-4)11(6-14-2)9(10)12/h7-8H,5-6H2,1-4H3/t7-,8-/m1/s1. The Hall–Kier alpha value is -0.890. The molecule has 1 heterocycles. The van der Waals surface area contributed by atoms with Crippen molar-refractivity contribution >= 4 is 6.03 Å². The van der Waals surface area contributed by atoms with Gasteiger partial charge in [0.15, 0.2) is 12.5 Å². The van der Waals surface area contributed by atoms with Crippen LogP contribution in [0.25, 0.3) is 0 Å². The summed E-state index contributed by atoms with van der Waals surface area (Å²) in [4.78, 5) is 14.8. The highest BCUT2D eigenvalue weighted by atomic mass is 16.6. The van der Waals surface area contributed by atoms with Gasteiger partial charge in [-0.05, 0) is 0 Å². The van der Waals surface area contributed by atoms with E-state index in [9.17, 15) is 4.79 Å². The number of carbonyl (C=O) groups is 1. The van der Waals surface area contributed by atoms with Gasteiger partial charge in [-0.3, -0.25) is 9.80 Å². The highest BCUT2D eigenvalue weighted by molar-refractivity contribution is 5.77. The molecule has 16 heavy (non-hydrogen) atoms. The Bertz CT molecular complexity index is 216. The zero-order chi connectivity index (χ0) is 12.1. The molecule has 94 valence electrons. The Morgan fingerprint density at radius 2 is 1.31 bits per heavy atom. The summed E-state index contributed by atoms with van der Waals surface area (Å²) < 4.78 is 20.4. The van der Waals surface area contributed by atoms with E-state index < -0.39 is 12.5 Å². The molecule has 7 nitrogen and oxygen atoms in total. The summed E-state index contributed by atoms with van der Waals surface area (Å²) in [7, 11) is 6.06. The van der Waals surface area contributed by atoms with Crippen molar-refractivity contribution in [2.75, 3.05) is 41.9 Å². The topological polar surface area (TPSA) is 60.5 Å². The number of urea groups is 1. The van der Waals surface area contributed by atoms with Crippen LogP contribution in [0.5, 0.6) is 0 Å². The average Bonchev–Trinajstić information content (AvgIpc) is 2.54. The highest BCUT2D eigenvalue weighted by Crippen LogP contribution is 2.23. The average molecular weight is 234 g/mol. The molecule has 2 amide bonds. The van der Waals surface area contributed by atoms with Crippen LogP contribution in [-0.2, 0) is 18.9 Å². The lowest BCUT2D eigenvalue weighted by Crippen LogP contribution is -2.41. The normalized spacial score (nSPS) is 25.6. The van der Waals surface area contributed by atoms with Gasteiger partial charge in [0.1, 0.15) is 13.5 Å². The molecule has 1 aliphatic heterocycles. The smallest absolute Gasteiger partial charge is 0.328 e. The third-order valence-corrected chi connectivity index (χ3v) is 2.37. The van der Waals surface area contributed by atoms with Gasteiger partial charge < -0.3 is 18.9 Å². The molecule has 1 aliphatic rings. The Labute approximate surface area is 94.8 Å². The number of rotatable bonds is 6. The van der Waals surface area contributed by atoms with Gasteiger partial charge in [-0.2, -0.15) is 0 Å². The lowest BCUT2D eigenvalue weighted by atomic mass is 10.5. The van der Waals surface area contributed by atoms with E-state index in [2.05, 4.69) is 0 Å². The number of hydrogen-bond donors (Lipinski definition) is 0. The number of carbonyl (C=O) groups excluding carboxylic acids is 1. The summed E-state index contributed by atoms with van der Waals surface area (Å²) in [6, 6.07) is -0.234. The highest BCUT2D eigenvalue weighted by Gasteiger charge is 2.46. The minimum atomic E-state index is -0.493. The molecule has 1 rings (SSSR count). The second-order valence-corrected chi connectivity index (χ2v) is 3.31. The lowest BCUT2D eigenvalue weighted by Gasteiger charge is -2.24. The van der Waals surface area contributed by atoms with Gasteiger partial charge in [-0.25, -0.2) is 4.79 Å². The quantitative estimate of drug-likeness (QED) is 0.641. The van der Waals surface area contributed by atoms with Gasteiger partial charge in [0.25, 0.3) is 0 Å². The zero-order valence-electron chi connectivity index (χ0n) is 10.0. The van der Waals surface area contributed by atoms with Gasteiger partial charge in [0, 0.05) is 28.4 Å². The van der Waals surface area contributed by atoms with E-state index in [0.29, 0.717) is 0 Å². The van der Waals surface area contributed by atoms with E-state index in [-0.39, 0.29) is 19.5 Å². The summed E-state index contributed by atoms with van der Waals surface area (Å²) in [6.07, 6.45) is -0.986. The van der Waals surface area contributed by atoms with Crippen LogP contribution in [0.4, 0.5) is 4.79 Å². The Morgan fingerprint density at radius 3 is 1.56 bits per heavy atom. The minimum Gasteiger partial charge on any atom is -0.364 e. The molecular formula is C9H18N2O5. The largest absolute Gasteiger partial charge is 0.364 e. The summed E-state index contributed by atoms with van der Waals surface area (Å²) >= 11 is 0. The van der Waals surface area contributed by atoms with E-state index in [0.717, 1.165) is 0 Å². The molecule has 0 N–H and O–H groups in total. The fourth-order valence-corrected chi connectivity index (χ4v) is 1.71. The van der Waals surface area contributed by atoms with Crippen LogP contribution in [0.15, 0.2) is 0 Å². The Kier molecular flexibility index (Phi) is 4.94. The molecule has 0 unspecified atom stereocenters. The van der Waals surface area contributed by atoms with Crippen molar-refractivity contribution in [2.45, 2.75) is 12.5 Å². The van der Waals surface area contributed by atoms with Crippen LogP contribution in [0.1, 0.15) is 0 Å². The van der Waals surface area contributed by atoms with Crippen LogP contribution in [0.3, 0.4) is 0 Å². The van der Waals surface area contributed by atoms with Crippen LogP contribution in [-0.4, -0.2) is 70.2 Å². The maximum Gasteiger partial charge on any atom is 0.328 e. The second kappa shape index (κ2) is 6.00. The van der Waals surface area contributed by atoms with E-state index >= 15 is 0 Å². The van der Waals surface area contributed by atoms with Crippen molar-refractivity contribution in [1.82, 2.24) is 9.80 Å². The predicted molar refractivity (Wildman–Crippen MR) is 54.4 cm³/mol. The number of nitrogens with zero attached hydrogens (tertiary/aromatic N) is 2. The van der Waals surface area contributed by atoms with Crippen LogP contribution < -0.4 is 0 Å². The molecule has 0 aliphatic carbocycles. The van der Waals surface area contributed by atoms with Crippen molar-refractivity contribution in [3.8, 4) is 0 Å². The maximum absolute atomic E-state index is 12.0. The molecule has 1 fully saturated rings. The maximum atomic E-state index is 12.0. The summed E-state index contributed by atoms with van der Waals surface area (Å²) in [5, 5.41) is 0. The van der Waals surface area contributed by atoms with E-state index in [4.69, 9.17) is 18.9 Å². The molecular weight excluding hydrogens is 216 g/mol. The first kappa shape index (κ1) is 13.2. The Balaban J connectivity index is 2.83. The van der Waals surface area contributed by atoms with Crippen molar-refractivity contribution < 1.29 is 23.7 Å². The summed E-state index contributed by atoms with van der Waals surface area (Å²) in [6.45, 7) is 0.300. The molecule has 0 aromatic rings. The first-order valence-electron chi connectivity index (χ1n) is 4.82. The monoisotopic (exact) mass is 234 g/mol. The third-order valence-electron chi connectivity index (χ3n) is 2.37. The SMILES string of the molecule is COCN1C(=O)N(COC)[C@H](OC)[C@H]1OC. The van der Waals surface area contributed by atoms with E-state index in [1.165, 1.54) is 38.2 Å². The molecule has 7 heteroatoms. The van der Waals surface area contributed by atoms with E-state index in [1.807, 2.05) is 0 Å². The van der Waals surface area contributed by atoms with Gasteiger partial charge in [0.2, 0.25) is 0 Å². The van der Waals surface area contributed by atoms with Gasteiger partial charge >= 0.3 is 6.03 Å². The molecule has 0 aromatic heterocycles. The van der Waals surface area contributed by atoms with Crippen molar-refractivity contribution in [3.63, 3.8) is 0 Å². The first-order chi connectivity index (χ1) is 7.71. The van der Waals surface area contributed by atoms with Crippen molar-refractivity contribution in [3.05, 3.63) is 0 Å². The predicted octanol–water partition coefficient (Wildman–Crippen LogP) is -0.123. The number of amides is 2. The first-order valence-corrected chi connectivity index (χ1v) is 4.82. The second-order valence-electron chi connectivity index (χ2n) is 3.31. The van der Waals surface area contributed by atoms with Crippen molar-refractivity contribution in [1.29, 1.82) is 0 Å². The number of methoxy groups -OCH3 is 4. The molecule has 0 radical (unpaired) electrons. The molecule has 1 saturated heterocycles. The molecule has 0 spiro atoms. The number of ether oxygens (including phenoxy) is 4. The van der Waals surface area contributed by atoms with Crippen molar-refractivity contribution in [2.24, 2.45) is 0 Å². The Morgan fingerprint density at radius 1 is 0.938 bits per heavy atom. The van der Waals surface area contributed by atoms with E-state index in [1.54, 1.807) is 0 Å². The summed E-state index contributed by atoms with van der Waals surface area (Å²) in [5.74, 6) is 0. The van der Waals surface area contributed by atoms with Gasteiger partial charge in [-0.15, -0.1) is 0 Å².